The van der Waals surface area contributed by atoms with Crippen molar-refractivity contribution in [2.45, 2.75) is 39.8 Å². The molecular weight excluding hydrogens is 434 g/mol. The molecule has 0 spiro atoms. The molecular formula is C26H29N3O3S. The quantitative estimate of drug-likeness (QED) is 0.250. The molecule has 0 bridgehead atoms. The molecule has 0 aliphatic rings. The summed E-state index contributed by atoms with van der Waals surface area (Å²) in [7, 11) is 0. The normalized spacial score (nSPS) is 13.0. The lowest BCUT2D eigenvalue weighted by Crippen LogP contribution is -2.13. The summed E-state index contributed by atoms with van der Waals surface area (Å²) in [6.45, 7) is 6.26. The fourth-order valence-electron chi connectivity index (χ4n) is 3.16. The first-order chi connectivity index (χ1) is 15.9. The van der Waals surface area contributed by atoms with E-state index in [-0.39, 0.29) is 12.0 Å². The number of carbonyl (C=O) groups is 1. The van der Waals surface area contributed by atoms with Crippen LogP contribution < -0.4 is 10.5 Å². The lowest BCUT2D eigenvalue weighted by molar-refractivity contribution is -0.138. The molecule has 1 aromatic carbocycles. The Morgan fingerprint density at radius 2 is 1.97 bits per heavy atom. The second-order valence-corrected chi connectivity index (χ2v) is 8.50. The zero-order chi connectivity index (χ0) is 23.6. The minimum absolute atomic E-state index is 0.199. The van der Waals surface area contributed by atoms with Gasteiger partial charge in [0.2, 0.25) is 0 Å². The van der Waals surface area contributed by atoms with E-state index in [2.05, 4.69) is 9.97 Å². The van der Waals surface area contributed by atoms with E-state index in [1.165, 1.54) is 11.3 Å². The van der Waals surface area contributed by atoms with Crippen molar-refractivity contribution < 1.29 is 14.3 Å². The molecule has 3 rings (SSSR count). The molecule has 2 N–H and O–H groups in total. The summed E-state index contributed by atoms with van der Waals surface area (Å²) in [5.74, 6) is 0.487. The van der Waals surface area contributed by atoms with Gasteiger partial charge in [-0.1, -0.05) is 18.2 Å². The minimum atomic E-state index is -0.306. The summed E-state index contributed by atoms with van der Waals surface area (Å²) >= 11 is 1.54. The van der Waals surface area contributed by atoms with Gasteiger partial charge in [-0.3, -0.25) is 4.98 Å². The fourth-order valence-corrected chi connectivity index (χ4v) is 3.94. The van der Waals surface area contributed by atoms with Gasteiger partial charge in [-0.25, -0.2) is 9.78 Å². The largest absolute Gasteiger partial charge is 0.487 e. The lowest BCUT2D eigenvalue weighted by Gasteiger charge is -2.10. The minimum Gasteiger partial charge on any atom is -0.487 e. The highest BCUT2D eigenvalue weighted by Crippen LogP contribution is 2.23. The van der Waals surface area contributed by atoms with E-state index in [0.29, 0.717) is 25.2 Å². The summed E-state index contributed by atoms with van der Waals surface area (Å²) < 4.78 is 10.8. The molecule has 7 heteroatoms. The molecule has 3 aromatic rings. The van der Waals surface area contributed by atoms with Gasteiger partial charge in [0.05, 0.1) is 24.0 Å². The number of carbonyl (C=O) groups excluding carboxylic acids is 1. The van der Waals surface area contributed by atoms with E-state index in [1.54, 1.807) is 26.1 Å². The van der Waals surface area contributed by atoms with Crippen LogP contribution in [-0.4, -0.2) is 22.5 Å². The van der Waals surface area contributed by atoms with Gasteiger partial charge in [-0.15, -0.1) is 11.3 Å². The average molecular weight is 464 g/mol. The molecule has 0 aliphatic carbocycles. The number of thiazole rings is 1. The molecule has 0 radical (unpaired) electrons. The number of nitrogens with two attached hydrogens (primary N) is 1. The summed E-state index contributed by atoms with van der Waals surface area (Å²) in [6, 6.07) is 13.5. The third kappa shape index (κ3) is 7.66. The van der Waals surface area contributed by atoms with Gasteiger partial charge in [-0.2, -0.15) is 0 Å². The van der Waals surface area contributed by atoms with Crippen molar-refractivity contribution in [3.8, 4) is 5.75 Å². The zero-order valence-corrected chi connectivity index (χ0v) is 20.0. The summed E-state index contributed by atoms with van der Waals surface area (Å²) in [4.78, 5) is 20.7. The number of rotatable bonds is 10. The van der Waals surface area contributed by atoms with E-state index in [4.69, 9.17) is 15.2 Å². The van der Waals surface area contributed by atoms with Crippen LogP contribution in [0.25, 0.3) is 6.08 Å². The topological polar surface area (TPSA) is 87.3 Å². The molecule has 33 heavy (non-hydrogen) atoms. The second-order valence-electron chi connectivity index (χ2n) is 7.61. The standard InChI is InChI=1S/C26H29N3O3S/c1-4-31-26(30)19(3)13-18(2)14-22-17-33-25(29-22)24(27)15-20-8-10-23(11-9-20)32-16-21-7-5-6-12-28-21/h5-14,17,24H,4,15-16,27H2,1-3H3/b18-14+,19-13-. The Bertz CT molecular complexity index is 1110. The van der Waals surface area contributed by atoms with Crippen LogP contribution in [0.2, 0.25) is 0 Å². The van der Waals surface area contributed by atoms with Gasteiger partial charge in [0.1, 0.15) is 17.4 Å². The Labute approximate surface area is 198 Å². The SMILES string of the molecule is CCOC(=O)/C(C)=C\C(C)=C\c1csc(C(N)Cc2ccc(OCc3ccccn3)cc2)n1. The van der Waals surface area contributed by atoms with Crippen molar-refractivity contribution in [2.24, 2.45) is 5.73 Å². The summed E-state index contributed by atoms with van der Waals surface area (Å²) in [5.41, 5.74) is 10.7. The van der Waals surface area contributed by atoms with Crippen molar-refractivity contribution in [3.05, 3.63) is 93.2 Å². The van der Waals surface area contributed by atoms with E-state index < -0.39 is 0 Å². The second kappa shape index (κ2) is 12.1. The number of hydrogen-bond donors (Lipinski definition) is 1. The molecule has 6 nitrogen and oxygen atoms in total. The average Bonchev–Trinajstić information content (AvgIpc) is 3.28. The third-order valence-electron chi connectivity index (χ3n) is 4.77. The molecule has 172 valence electrons. The zero-order valence-electron chi connectivity index (χ0n) is 19.2. The van der Waals surface area contributed by atoms with Crippen molar-refractivity contribution in [2.75, 3.05) is 6.61 Å². The number of benzene rings is 1. The van der Waals surface area contributed by atoms with E-state index in [1.807, 2.05) is 60.8 Å². The van der Waals surface area contributed by atoms with Gasteiger partial charge in [0, 0.05) is 17.2 Å². The fraction of sp³-hybridized carbons (Fsp3) is 0.269. The maximum absolute atomic E-state index is 11.8. The lowest BCUT2D eigenvalue weighted by atomic mass is 10.1. The number of aromatic nitrogens is 2. The van der Waals surface area contributed by atoms with Crippen LogP contribution in [0.1, 0.15) is 48.8 Å². The van der Waals surface area contributed by atoms with Crippen LogP contribution in [0.5, 0.6) is 5.75 Å². The molecule has 0 fully saturated rings. The van der Waals surface area contributed by atoms with E-state index in [9.17, 15) is 4.79 Å². The van der Waals surface area contributed by atoms with Crippen LogP contribution in [0.15, 0.2) is 71.3 Å². The maximum atomic E-state index is 11.8. The number of nitrogens with zero attached hydrogens (tertiary/aromatic N) is 2. The van der Waals surface area contributed by atoms with Crippen molar-refractivity contribution >= 4 is 23.4 Å². The molecule has 0 aliphatic heterocycles. The van der Waals surface area contributed by atoms with Crippen molar-refractivity contribution in [3.63, 3.8) is 0 Å². The van der Waals surface area contributed by atoms with Gasteiger partial charge >= 0.3 is 5.97 Å². The molecule has 2 heterocycles. The van der Waals surface area contributed by atoms with Crippen LogP contribution in [-0.2, 0) is 22.6 Å². The highest BCUT2D eigenvalue weighted by molar-refractivity contribution is 7.09. The van der Waals surface area contributed by atoms with Gasteiger partial charge in [-0.05, 0) is 74.7 Å². The van der Waals surface area contributed by atoms with Crippen LogP contribution in [0.4, 0.5) is 0 Å². The predicted octanol–water partition coefficient (Wildman–Crippen LogP) is 5.27. The number of ether oxygens (including phenoxy) is 2. The smallest absolute Gasteiger partial charge is 0.333 e. The monoisotopic (exact) mass is 463 g/mol. The molecule has 2 aromatic heterocycles. The molecule has 0 saturated heterocycles. The number of allylic oxidation sites excluding steroid dienone is 2. The molecule has 0 saturated carbocycles. The van der Waals surface area contributed by atoms with Crippen molar-refractivity contribution in [1.29, 1.82) is 0 Å². The van der Waals surface area contributed by atoms with Gasteiger partial charge in [0.15, 0.2) is 0 Å². The van der Waals surface area contributed by atoms with E-state index >= 15 is 0 Å². The molecule has 1 atom stereocenters. The molecule has 0 amide bonds. The highest BCUT2D eigenvalue weighted by atomic mass is 32.1. The number of esters is 1. The Morgan fingerprint density at radius 3 is 2.67 bits per heavy atom. The maximum Gasteiger partial charge on any atom is 0.333 e. The first-order valence-electron chi connectivity index (χ1n) is 10.8. The van der Waals surface area contributed by atoms with Gasteiger partial charge < -0.3 is 15.2 Å². The van der Waals surface area contributed by atoms with E-state index in [0.717, 1.165) is 33.3 Å². The van der Waals surface area contributed by atoms with Crippen LogP contribution in [0, 0.1) is 0 Å². The summed E-state index contributed by atoms with van der Waals surface area (Å²) in [5, 5.41) is 2.84. The Kier molecular flexibility index (Phi) is 8.92. The van der Waals surface area contributed by atoms with Gasteiger partial charge in [0.25, 0.3) is 0 Å². The molecule has 1 unspecified atom stereocenters. The third-order valence-corrected chi connectivity index (χ3v) is 5.76. The summed E-state index contributed by atoms with van der Waals surface area (Å²) in [6.07, 6.45) is 6.17. The number of hydrogen-bond acceptors (Lipinski definition) is 7. The first-order valence-corrected chi connectivity index (χ1v) is 11.7. The Hall–Kier alpha value is -3.29. The highest BCUT2D eigenvalue weighted by Gasteiger charge is 2.12. The van der Waals surface area contributed by atoms with Crippen LogP contribution in [0.3, 0.4) is 0 Å². The predicted molar refractivity (Wildman–Crippen MR) is 132 cm³/mol. The first kappa shape index (κ1) is 24.4. The van der Waals surface area contributed by atoms with Crippen LogP contribution >= 0.6 is 11.3 Å². The Balaban J connectivity index is 1.56. The van der Waals surface area contributed by atoms with Crippen molar-refractivity contribution in [1.82, 2.24) is 9.97 Å². The Morgan fingerprint density at radius 1 is 1.18 bits per heavy atom. The number of pyridine rings is 1.